The Morgan fingerprint density at radius 2 is 2.15 bits per heavy atom. The Balaban J connectivity index is 1.96. The number of piperidine rings is 1. The standard InChI is InChI=1S/C12H18N2O4S2/c1-9(11-3-2-8-19-11)13-20(17,18)14-6-4-10(5-7-14)12(15)16/h2-3,8-10,13H,4-7H2,1H3,(H,15,16). The van der Waals surface area contributed by atoms with Crippen LogP contribution in [-0.2, 0) is 15.0 Å². The van der Waals surface area contributed by atoms with E-state index in [0.717, 1.165) is 4.88 Å². The van der Waals surface area contributed by atoms with E-state index < -0.39 is 22.1 Å². The summed E-state index contributed by atoms with van der Waals surface area (Å²) in [4.78, 5) is 11.8. The second-order valence-corrected chi connectivity index (χ2v) is 7.55. The van der Waals surface area contributed by atoms with Crippen molar-refractivity contribution in [3.63, 3.8) is 0 Å². The molecule has 1 aliphatic rings. The molecule has 0 radical (unpaired) electrons. The summed E-state index contributed by atoms with van der Waals surface area (Å²) < 4.78 is 28.4. The fourth-order valence-corrected chi connectivity index (χ4v) is 4.46. The van der Waals surface area contributed by atoms with Gasteiger partial charge in [0, 0.05) is 18.0 Å². The summed E-state index contributed by atoms with van der Waals surface area (Å²) in [6.07, 6.45) is 0.729. The lowest BCUT2D eigenvalue weighted by atomic mass is 9.99. The maximum Gasteiger partial charge on any atom is 0.306 e. The van der Waals surface area contributed by atoms with E-state index in [2.05, 4.69) is 4.72 Å². The van der Waals surface area contributed by atoms with E-state index in [9.17, 15) is 13.2 Å². The number of hydrogen-bond donors (Lipinski definition) is 2. The number of carboxylic acids is 1. The smallest absolute Gasteiger partial charge is 0.306 e. The Labute approximate surface area is 122 Å². The van der Waals surface area contributed by atoms with Gasteiger partial charge in [-0.15, -0.1) is 11.3 Å². The van der Waals surface area contributed by atoms with E-state index in [1.807, 2.05) is 17.5 Å². The summed E-state index contributed by atoms with van der Waals surface area (Å²) in [5.41, 5.74) is 0. The lowest BCUT2D eigenvalue weighted by Gasteiger charge is -2.30. The van der Waals surface area contributed by atoms with Gasteiger partial charge >= 0.3 is 5.97 Å². The van der Waals surface area contributed by atoms with Crippen LogP contribution in [0.25, 0.3) is 0 Å². The molecule has 2 heterocycles. The van der Waals surface area contributed by atoms with Crippen LogP contribution in [0.2, 0.25) is 0 Å². The van der Waals surface area contributed by atoms with Crippen molar-refractivity contribution in [3.8, 4) is 0 Å². The van der Waals surface area contributed by atoms with Gasteiger partial charge in [-0.1, -0.05) is 6.07 Å². The van der Waals surface area contributed by atoms with Crippen molar-refractivity contribution >= 4 is 27.5 Å². The number of aliphatic carboxylic acids is 1. The molecule has 0 aromatic carbocycles. The zero-order chi connectivity index (χ0) is 14.8. The number of carbonyl (C=O) groups is 1. The van der Waals surface area contributed by atoms with Gasteiger partial charge in [-0.05, 0) is 31.2 Å². The van der Waals surface area contributed by atoms with E-state index in [4.69, 9.17) is 5.11 Å². The molecule has 1 atom stereocenters. The first-order chi connectivity index (χ1) is 9.40. The van der Waals surface area contributed by atoms with Crippen molar-refractivity contribution < 1.29 is 18.3 Å². The topological polar surface area (TPSA) is 86.7 Å². The highest BCUT2D eigenvalue weighted by atomic mass is 32.2. The second-order valence-electron chi connectivity index (χ2n) is 4.87. The fraction of sp³-hybridized carbons (Fsp3) is 0.583. The number of carboxylic acid groups (broad SMARTS) is 1. The van der Waals surface area contributed by atoms with Crippen molar-refractivity contribution in [3.05, 3.63) is 22.4 Å². The molecule has 8 heteroatoms. The third-order valence-electron chi connectivity index (χ3n) is 3.44. The molecule has 0 amide bonds. The molecular weight excluding hydrogens is 300 g/mol. The summed E-state index contributed by atoms with van der Waals surface area (Å²) in [6.45, 7) is 2.31. The largest absolute Gasteiger partial charge is 0.481 e. The normalized spacial score (nSPS) is 19.9. The zero-order valence-corrected chi connectivity index (χ0v) is 12.8. The average Bonchev–Trinajstić information content (AvgIpc) is 2.92. The highest BCUT2D eigenvalue weighted by Crippen LogP contribution is 2.22. The van der Waals surface area contributed by atoms with Gasteiger partial charge in [0.25, 0.3) is 10.2 Å². The molecule has 20 heavy (non-hydrogen) atoms. The Kier molecular flexibility index (Phi) is 4.79. The number of nitrogens with one attached hydrogen (secondary N) is 1. The van der Waals surface area contributed by atoms with Gasteiger partial charge in [-0.25, -0.2) is 0 Å². The number of hydrogen-bond acceptors (Lipinski definition) is 4. The van der Waals surface area contributed by atoms with Crippen molar-refractivity contribution in [2.24, 2.45) is 5.92 Å². The van der Waals surface area contributed by atoms with Crippen LogP contribution in [-0.4, -0.2) is 36.9 Å². The lowest BCUT2D eigenvalue weighted by Crippen LogP contribution is -2.46. The number of thiophene rings is 1. The van der Waals surface area contributed by atoms with Crippen molar-refractivity contribution in [1.29, 1.82) is 0 Å². The van der Waals surface area contributed by atoms with Gasteiger partial charge in [0.1, 0.15) is 0 Å². The van der Waals surface area contributed by atoms with Crippen LogP contribution < -0.4 is 4.72 Å². The molecule has 1 fully saturated rings. The molecule has 1 unspecified atom stereocenters. The van der Waals surface area contributed by atoms with Crippen molar-refractivity contribution in [2.45, 2.75) is 25.8 Å². The summed E-state index contributed by atoms with van der Waals surface area (Å²) in [6, 6.07) is 3.48. The third-order valence-corrected chi connectivity index (χ3v) is 6.19. The summed E-state index contributed by atoms with van der Waals surface area (Å²) in [7, 11) is -3.56. The lowest BCUT2D eigenvalue weighted by molar-refractivity contribution is -0.142. The van der Waals surface area contributed by atoms with Gasteiger partial charge < -0.3 is 5.11 Å². The summed E-state index contributed by atoms with van der Waals surface area (Å²) >= 11 is 1.50. The second kappa shape index (κ2) is 6.21. The van der Waals surface area contributed by atoms with E-state index in [1.54, 1.807) is 6.92 Å². The Hall–Kier alpha value is -0.960. The van der Waals surface area contributed by atoms with Crippen LogP contribution in [0.15, 0.2) is 17.5 Å². The first-order valence-corrected chi connectivity index (χ1v) is 8.75. The van der Waals surface area contributed by atoms with Crippen LogP contribution in [0.3, 0.4) is 0 Å². The number of rotatable bonds is 5. The first kappa shape index (κ1) is 15.4. The maximum atomic E-state index is 12.2. The summed E-state index contributed by atoms with van der Waals surface area (Å²) in [5.74, 6) is -1.28. The molecular formula is C12H18N2O4S2. The molecule has 2 rings (SSSR count). The molecule has 0 bridgehead atoms. The molecule has 112 valence electrons. The van der Waals surface area contributed by atoms with Crippen molar-refractivity contribution in [2.75, 3.05) is 13.1 Å². The quantitative estimate of drug-likeness (QED) is 0.860. The van der Waals surface area contributed by atoms with E-state index in [1.165, 1.54) is 15.6 Å². The molecule has 1 aliphatic heterocycles. The monoisotopic (exact) mass is 318 g/mol. The van der Waals surface area contributed by atoms with Crippen LogP contribution in [0.1, 0.15) is 30.7 Å². The van der Waals surface area contributed by atoms with E-state index >= 15 is 0 Å². The molecule has 6 nitrogen and oxygen atoms in total. The molecule has 0 saturated carbocycles. The maximum absolute atomic E-state index is 12.2. The minimum absolute atomic E-state index is 0.253. The minimum atomic E-state index is -3.56. The van der Waals surface area contributed by atoms with Gasteiger partial charge in [0.15, 0.2) is 0 Å². The van der Waals surface area contributed by atoms with Gasteiger partial charge in [0.05, 0.1) is 12.0 Å². The van der Waals surface area contributed by atoms with Crippen molar-refractivity contribution in [1.82, 2.24) is 9.03 Å². The minimum Gasteiger partial charge on any atom is -0.481 e. The van der Waals surface area contributed by atoms with Gasteiger partial charge in [-0.3, -0.25) is 4.79 Å². The molecule has 0 aliphatic carbocycles. The van der Waals surface area contributed by atoms with Crippen LogP contribution in [0.5, 0.6) is 0 Å². The van der Waals surface area contributed by atoms with Gasteiger partial charge in [0.2, 0.25) is 0 Å². The number of nitrogens with zero attached hydrogens (tertiary/aromatic N) is 1. The molecule has 0 spiro atoms. The first-order valence-electron chi connectivity index (χ1n) is 6.44. The predicted molar refractivity (Wildman–Crippen MR) is 76.7 cm³/mol. The van der Waals surface area contributed by atoms with E-state index in [0.29, 0.717) is 12.8 Å². The Morgan fingerprint density at radius 3 is 2.65 bits per heavy atom. The van der Waals surface area contributed by atoms with Gasteiger partial charge in [-0.2, -0.15) is 17.4 Å². The van der Waals surface area contributed by atoms with E-state index in [-0.39, 0.29) is 19.1 Å². The Morgan fingerprint density at radius 1 is 1.50 bits per heavy atom. The highest BCUT2D eigenvalue weighted by molar-refractivity contribution is 7.87. The fourth-order valence-electron chi connectivity index (χ4n) is 2.24. The summed E-state index contributed by atoms with van der Waals surface area (Å²) in [5, 5.41) is 10.8. The van der Waals surface area contributed by atoms with Crippen LogP contribution >= 0.6 is 11.3 Å². The SMILES string of the molecule is CC(NS(=O)(=O)N1CCC(C(=O)O)CC1)c1cccs1. The molecule has 1 aromatic heterocycles. The molecule has 2 N–H and O–H groups in total. The third kappa shape index (κ3) is 3.57. The highest BCUT2D eigenvalue weighted by Gasteiger charge is 2.31. The average molecular weight is 318 g/mol. The molecule has 1 aromatic rings. The predicted octanol–water partition coefficient (Wildman–Crippen LogP) is 1.44. The van der Waals surface area contributed by atoms with Crippen LogP contribution in [0, 0.1) is 5.92 Å². The zero-order valence-electron chi connectivity index (χ0n) is 11.2. The molecule has 1 saturated heterocycles. The van der Waals surface area contributed by atoms with Crippen LogP contribution in [0.4, 0.5) is 0 Å². The Bertz CT molecular complexity index is 548.